The maximum atomic E-state index is 13.2. The molecule has 1 aliphatic rings. The summed E-state index contributed by atoms with van der Waals surface area (Å²) < 4.78 is 11.7. The minimum atomic E-state index is -0.256. The van der Waals surface area contributed by atoms with E-state index in [1.54, 1.807) is 37.3 Å². The summed E-state index contributed by atoms with van der Waals surface area (Å²) in [6, 6.07) is 4.77. The van der Waals surface area contributed by atoms with Gasteiger partial charge in [0.2, 0.25) is 11.8 Å². The highest BCUT2D eigenvalue weighted by atomic mass is 16.5. The molecule has 0 aromatic heterocycles. The number of anilines is 1. The van der Waals surface area contributed by atoms with Gasteiger partial charge in [0.05, 0.1) is 24.3 Å². The molecule has 0 saturated carbocycles. The van der Waals surface area contributed by atoms with Crippen LogP contribution in [0.2, 0.25) is 0 Å². The van der Waals surface area contributed by atoms with E-state index in [-0.39, 0.29) is 42.4 Å². The molecule has 0 radical (unpaired) electrons. The van der Waals surface area contributed by atoms with Crippen molar-refractivity contribution in [1.29, 1.82) is 0 Å². The molecule has 1 aromatic carbocycles. The fraction of sp³-hybridized carbons (Fsp3) is 0.609. The Morgan fingerprint density at radius 2 is 1.94 bits per heavy atom. The minimum Gasteiger partial charge on any atom is -0.491 e. The second kappa shape index (κ2) is 11.3. The van der Waals surface area contributed by atoms with Crippen molar-refractivity contribution in [3.8, 4) is 5.75 Å². The van der Waals surface area contributed by atoms with Gasteiger partial charge in [0, 0.05) is 45.8 Å². The van der Waals surface area contributed by atoms with Gasteiger partial charge >= 0.3 is 0 Å². The van der Waals surface area contributed by atoms with Crippen molar-refractivity contribution < 1.29 is 23.9 Å². The van der Waals surface area contributed by atoms with Gasteiger partial charge in [-0.15, -0.1) is 0 Å². The van der Waals surface area contributed by atoms with Crippen LogP contribution >= 0.6 is 0 Å². The van der Waals surface area contributed by atoms with E-state index in [0.29, 0.717) is 36.6 Å². The lowest BCUT2D eigenvalue weighted by molar-refractivity contribution is -0.136. The molecule has 32 heavy (non-hydrogen) atoms. The van der Waals surface area contributed by atoms with Crippen molar-refractivity contribution in [3.63, 3.8) is 0 Å². The van der Waals surface area contributed by atoms with Crippen LogP contribution in [-0.2, 0) is 14.3 Å². The highest BCUT2D eigenvalue weighted by Gasteiger charge is 2.30. The lowest BCUT2D eigenvalue weighted by Crippen LogP contribution is -2.50. The quantitative estimate of drug-likeness (QED) is 0.751. The van der Waals surface area contributed by atoms with Gasteiger partial charge in [-0.2, -0.15) is 0 Å². The Morgan fingerprint density at radius 1 is 1.25 bits per heavy atom. The van der Waals surface area contributed by atoms with Crippen molar-refractivity contribution >= 4 is 23.4 Å². The van der Waals surface area contributed by atoms with Gasteiger partial charge in [0.1, 0.15) is 12.4 Å². The van der Waals surface area contributed by atoms with Gasteiger partial charge in [0.25, 0.3) is 5.91 Å². The lowest BCUT2D eigenvalue weighted by Gasteiger charge is -2.36. The van der Waals surface area contributed by atoms with Crippen molar-refractivity contribution in [1.82, 2.24) is 14.7 Å². The number of carbonyl (C=O) groups excluding carboxylic acids is 3. The highest BCUT2D eigenvalue weighted by molar-refractivity contribution is 5.99. The number of methoxy groups -OCH3 is 1. The first-order chi connectivity index (χ1) is 15.0. The number of carbonyl (C=O) groups is 3. The first-order valence-electron chi connectivity index (χ1n) is 10.8. The minimum absolute atomic E-state index is 0.00609. The molecule has 9 nitrogen and oxygen atoms in total. The molecule has 1 N–H and O–H groups in total. The summed E-state index contributed by atoms with van der Waals surface area (Å²) in [7, 11) is 7.05. The van der Waals surface area contributed by atoms with Gasteiger partial charge in [-0.25, -0.2) is 0 Å². The van der Waals surface area contributed by atoms with Crippen LogP contribution in [0.4, 0.5) is 5.69 Å². The van der Waals surface area contributed by atoms with Gasteiger partial charge < -0.3 is 29.5 Å². The van der Waals surface area contributed by atoms with Crippen molar-refractivity contribution in [3.05, 3.63) is 23.8 Å². The van der Waals surface area contributed by atoms with Gasteiger partial charge in [-0.3, -0.25) is 14.4 Å². The van der Waals surface area contributed by atoms with E-state index in [2.05, 4.69) is 5.32 Å². The topological polar surface area (TPSA) is 91.4 Å². The Kier molecular flexibility index (Phi) is 9.03. The van der Waals surface area contributed by atoms with Crippen LogP contribution in [0, 0.1) is 5.92 Å². The number of benzene rings is 1. The monoisotopic (exact) mass is 448 g/mol. The summed E-state index contributed by atoms with van der Waals surface area (Å²) in [5.41, 5.74) is 0.862. The molecule has 0 saturated heterocycles. The van der Waals surface area contributed by atoms with E-state index in [9.17, 15) is 14.4 Å². The number of hydrogen-bond donors (Lipinski definition) is 1. The number of nitrogens with one attached hydrogen (secondary N) is 1. The Labute approximate surface area is 190 Å². The Morgan fingerprint density at radius 3 is 2.53 bits per heavy atom. The van der Waals surface area contributed by atoms with E-state index >= 15 is 0 Å². The molecule has 0 fully saturated rings. The smallest absolute Gasteiger partial charge is 0.257 e. The largest absolute Gasteiger partial charge is 0.491 e. The van der Waals surface area contributed by atoms with Gasteiger partial charge in [-0.05, 0) is 39.2 Å². The molecule has 1 heterocycles. The molecule has 0 bridgehead atoms. The summed E-state index contributed by atoms with van der Waals surface area (Å²) in [6.07, 6.45) is -0.256. The Hall–Kier alpha value is -2.65. The molecule has 9 heteroatoms. The highest BCUT2D eigenvalue weighted by Crippen LogP contribution is 2.26. The van der Waals surface area contributed by atoms with Crippen LogP contribution in [0.5, 0.6) is 5.75 Å². The third-order valence-electron chi connectivity index (χ3n) is 5.54. The van der Waals surface area contributed by atoms with Crippen molar-refractivity contribution in [2.45, 2.75) is 32.9 Å². The van der Waals surface area contributed by atoms with Crippen LogP contribution in [0.25, 0.3) is 0 Å². The maximum absolute atomic E-state index is 13.2. The van der Waals surface area contributed by atoms with Crippen molar-refractivity contribution in [2.24, 2.45) is 5.92 Å². The normalized spacial score (nSPS) is 22.5. The number of hydrogen-bond acceptors (Lipinski definition) is 6. The molecule has 1 aliphatic heterocycles. The number of likely N-dealkylation sites (N-methyl/N-ethyl adjacent to an activating group) is 2. The number of rotatable bonds is 4. The summed E-state index contributed by atoms with van der Waals surface area (Å²) >= 11 is 0. The van der Waals surface area contributed by atoms with Crippen LogP contribution in [0.15, 0.2) is 18.2 Å². The van der Waals surface area contributed by atoms with E-state index in [1.807, 2.05) is 37.7 Å². The molecular formula is C23H36N4O5. The van der Waals surface area contributed by atoms with Crippen LogP contribution in [0.1, 0.15) is 31.1 Å². The SMILES string of the molecule is CO[C@@H]1CN(C)C(=O)c2cc(NC(C)=O)ccc2OC[C@H](C)N(C(=O)CN(C)C)C[C@@H]1C. The predicted molar refractivity (Wildman–Crippen MR) is 123 cm³/mol. The number of nitrogens with zero attached hydrogens (tertiary/aromatic N) is 3. The fourth-order valence-corrected chi connectivity index (χ4v) is 3.77. The molecule has 178 valence electrons. The molecular weight excluding hydrogens is 412 g/mol. The number of ether oxygens (including phenoxy) is 2. The van der Waals surface area contributed by atoms with Crippen LogP contribution in [0.3, 0.4) is 0 Å². The summed E-state index contributed by atoms with van der Waals surface area (Å²) in [5.74, 6) is -0.0404. The summed E-state index contributed by atoms with van der Waals surface area (Å²) in [5, 5.41) is 2.71. The zero-order valence-electron chi connectivity index (χ0n) is 20.2. The predicted octanol–water partition coefficient (Wildman–Crippen LogP) is 1.54. The van der Waals surface area contributed by atoms with Gasteiger partial charge in [0.15, 0.2) is 0 Å². The zero-order valence-corrected chi connectivity index (χ0v) is 20.2. The summed E-state index contributed by atoms with van der Waals surface area (Å²) in [4.78, 5) is 42.9. The molecule has 3 atom stereocenters. The number of fused-ring (bicyclic) bond motifs is 1. The zero-order chi connectivity index (χ0) is 24.0. The molecule has 3 amide bonds. The van der Waals surface area contributed by atoms with Crippen LogP contribution in [-0.4, -0.2) is 99.1 Å². The van der Waals surface area contributed by atoms with E-state index < -0.39 is 0 Å². The van der Waals surface area contributed by atoms with E-state index in [4.69, 9.17) is 9.47 Å². The average Bonchev–Trinajstić information content (AvgIpc) is 2.71. The Bertz CT molecular complexity index is 829. The molecule has 1 aromatic rings. The van der Waals surface area contributed by atoms with E-state index in [0.717, 1.165) is 0 Å². The second-order valence-corrected chi connectivity index (χ2v) is 8.77. The maximum Gasteiger partial charge on any atom is 0.257 e. The number of amides is 3. The molecule has 0 spiro atoms. The standard InChI is InChI=1S/C23H36N4O5/c1-15-11-27(22(29)13-25(4)5)16(2)14-32-20-9-8-18(24-17(3)28)10-19(20)23(30)26(6)12-21(15)31-7/h8-10,15-16,21H,11-14H2,1-7H3,(H,24,28)/t15-,16-,21+/m0/s1. The van der Waals surface area contributed by atoms with Gasteiger partial charge in [-0.1, -0.05) is 6.92 Å². The summed E-state index contributed by atoms with van der Waals surface area (Å²) in [6.45, 7) is 6.74. The third kappa shape index (κ3) is 6.67. The third-order valence-corrected chi connectivity index (χ3v) is 5.54. The first-order valence-corrected chi connectivity index (χ1v) is 10.8. The molecule has 0 aliphatic carbocycles. The first kappa shape index (κ1) is 25.6. The van der Waals surface area contributed by atoms with Crippen LogP contribution < -0.4 is 10.1 Å². The molecule has 0 unspecified atom stereocenters. The molecule has 2 rings (SSSR count). The van der Waals surface area contributed by atoms with Crippen molar-refractivity contribution in [2.75, 3.05) is 59.8 Å². The lowest BCUT2D eigenvalue weighted by atomic mass is 10.0. The second-order valence-electron chi connectivity index (χ2n) is 8.77. The Balaban J connectivity index is 2.44. The average molecular weight is 449 g/mol. The fourth-order valence-electron chi connectivity index (χ4n) is 3.77. The van der Waals surface area contributed by atoms with E-state index in [1.165, 1.54) is 6.92 Å².